The number of carbonyl (C=O) groups is 1. The van der Waals surface area contributed by atoms with Crippen molar-refractivity contribution >= 4 is 27.7 Å². The number of halogens is 1. The van der Waals surface area contributed by atoms with Gasteiger partial charge in [-0.2, -0.15) is 0 Å². The monoisotopic (exact) mass is 317 g/mol. The van der Waals surface area contributed by atoms with Crippen molar-refractivity contribution in [2.75, 3.05) is 11.4 Å². The number of carbonyl (C=O) groups excluding carboxylic acids is 1. The Morgan fingerprint density at radius 2 is 1.95 bits per heavy atom. The summed E-state index contributed by atoms with van der Waals surface area (Å²) in [6, 6.07) is 9.86. The molecule has 1 aromatic carbocycles. The fraction of sp³-hybridized carbons (Fsp3) is 0.214. The first-order valence-corrected chi connectivity index (χ1v) is 6.97. The predicted molar refractivity (Wildman–Crippen MR) is 77.2 cm³/mol. The Morgan fingerprint density at radius 3 is 2.53 bits per heavy atom. The molecule has 1 saturated heterocycles. The van der Waals surface area contributed by atoms with Crippen LogP contribution in [0.3, 0.4) is 0 Å². The third kappa shape index (κ3) is 2.51. The van der Waals surface area contributed by atoms with Crippen molar-refractivity contribution in [2.45, 2.75) is 11.2 Å². The molecule has 0 radical (unpaired) electrons. The van der Waals surface area contributed by atoms with E-state index in [9.17, 15) is 4.79 Å². The summed E-state index contributed by atoms with van der Waals surface area (Å²) < 4.78 is 0. The van der Waals surface area contributed by atoms with Gasteiger partial charge in [-0.3, -0.25) is 14.7 Å². The van der Waals surface area contributed by atoms with Gasteiger partial charge >= 0.3 is 0 Å². The Morgan fingerprint density at radius 1 is 1.16 bits per heavy atom. The van der Waals surface area contributed by atoms with Crippen LogP contribution in [0.4, 0.5) is 5.82 Å². The number of anilines is 1. The first kappa shape index (κ1) is 12.3. The normalized spacial score (nSPS) is 18.9. The number of aromatic nitrogens is 2. The second kappa shape index (κ2) is 5.09. The maximum Gasteiger partial charge on any atom is 0.229 e. The second-order valence-corrected chi connectivity index (χ2v) is 5.73. The average Bonchev–Trinajstić information content (AvgIpc) is 2.79. The van der Waals surface area contributed by atoms with E-state index in [0.29, 0.717) is 18.8 Å². The Hall–Kier alpha value is -1.75. The quantitative estimate of drug-likeness (QED) is 0.800. The van der Waals surface area contributed by atoms with Gasteiger partial charge in [-0.1, -0.05) is 46.3 Å². The molecule has 0 saturated carbocycles. The van der Waals surface area contributed by atoms with Gasteiger partial charge in [0, 0.05) is 23.4 Å². The van der Waals surface area contributed by atoms with E-state index in [4.69, 9.17) is 0 Å². The Balaban J connectivity index is 1.86. The molecule has 19 heavy (non-hydrogen) atoms. The highest BCUT2D eigenvalue weighted by atomic mass is 79.9. The molecular formula is C14H12BrN3O. The summed E-state index contributed by atoms with van der Waals surface area (Å²) in [6.07, 6.45) is 3.88. The second-order valence-electron chi connectivity index (χ2n) is 4.43. The maximum absolute atomic E-state index is 11.8. The highest BCUT2D eigenvalue weighted by molar-refractivity contribution is 9.09. The summed E-state index contributed by atoms with van der Waals surface area (Å²) in [5.74, 6) is 0.704. The third-order valence-electron chi connectivity index (χ3n) is 3.06. The molecule has 2 heterocycles. The van der Waals surface area contributed by atoms with E-state index in [1.165, 1.54) is 0 Å². The van der Waals surface area contributed by atoms with Gasteiger partial charge in [-0.25, -0.2) is 4.98 Å². The fourth-order valence-corrected chi connectivity index (χ4v) is 2.67. The number of nitrogens with zero attached hydrogens (tertiary/aromatic N) is 3. The van der Waals surface area contributed by atoms with Crippen molar-refractivity contribution < 1.29 is 4.79 Å². The lowest BCUT2D eigenvalue weighted by Crippen LogP contribution is -2.25. The number of hydrogen-bond donors (Lipinski definition) is 0. The molecule has 1 aliphatic heterocycles. The highest BCUT2D eigenvalue weighted by Gasteiger charge is 2.29. The van der Waals surface area contributed by atoms with Crippen LogP contribution < -0.4 is 4.90 Å². The Kier molecular flexibility index (Phi) is 3.29. The highest BCUT2D eigenvalue weighted by Crippen LogP contribution is 2.24. The SMILES string of the molecule is O=C1CC(Br)CN1c1cnc(-c2ccccc2)cn1. The molecule has 4 nitrogen and oxygen atoms in total. The van der Waals surface area contributed by atoms with Crippen LogP contribution in [0.15, 0.2) is 42.7 Å². The molecule has 1 unspecified atom stereocenters. The van der Waals surface area contributed by atoms with Gasteiger partial charge in [0.25, 0.3) is 0 Å². The summed E-state index contributed by atoms with van der Waals surface area (Å²) >= 11 is 3.46. The van der Waals surface area contributed by atoms with Gasteiger partial charge in [-0.05, 0) is 0 Å². The van der Waals surface area contributed by atoms with E-state index < -0.39 is 0 Å². The van der Waals surface area contributed by atoms with Crippen LogP contribution in [0.5, 0.6) is 0 Å². The van der Waals surface area contributed by atoms with E-state index in [-0.39, 0.29) is 10.7 Å². The molecule has 1 aliphatic rings. The molecule has 1 aromatic heterocycles. The van der Waals surface area contributed by atoms with E-state index in [2.05, 4.69) is 25.9 Å². The van der Waals surface area contributed by atoms with Crippen molar-refractivity contribution in [2.24, 2.45) is 0 Å². The zero-order valence-corrected chi connectivity index (χ0v) is 11.7. The number of amides is 1. The zero-order valence-electron chi connectivity index (χ0n) is 10.2. The molecule has 0 spiro atoms. The minimum atomic E-state index is 0.0867. The molecule has 0 bridgehead atoms. The van der Waals surface area contributed by atoms with Crippen LogP contribution in [-0.2, 0) is 4.79 Å². The predicted octanol–water partition coefficient (Wildman–Crippen LogP) is 2.64. The molecule has 3 rings (SSSR count). The summed E-state index contributed by atoms with van der Waals surface area (Å²) in [4.78, 5) is 22.4. The molecule has 2 aromatic rings. The van der Waals surface area contributed by atoms with E-state index >= 15 is 0 Å². The Bertz CT molecular complexity index is 585. The van der Waals surface area contributed by atoms with Gasteiger partial charge < -0.3 is 0 Å². The number of hydrogen-bond acceptors (Lipinski definition) is 3. The van der Waals surface area contributed by atoms with Gasteiger partial charge in [0.05, 0.1) is 18.1 Å². The van der Waals surface area contributed by atoms with Gasteiger partial charge in [0.1, 0.15) is 0 Å². The molecular weight excluding hydrogens is 306 g/mol. The van der Waals surface area contributed by atoms with E-state index in [1.807, 2.05) is 30.3 Å². The lowest BCUT2D eigenvalue weighted by molar-refractivity contribution is -0.117. The smallest absolute Gasteiger partial charge is 0.229 e. The standard InChI is InChI=1S/C14H12BrN3O/c15-11-6-14(19)18(9-11)13-8-16-12(7-17-13)10-4-2-1-3-5-10/h1-5,7-8,11H,6,9H2. The van der Waals surface area contributed by atoms with Crippen LogP contribution in [0, 0.1) is 0 Å². The van der Waals surface area contributed by atoms with Crippen LogP contribution >= 0.6 is 15.9 Å². The van der Waals surface area contributed by atoms with E-state index in [0.717, 1.165) is 11.3 Å². The van der Waals surface area contributed by atoms with Crippen molar-refractivity contribution in [1.82, 2.24) is 9.97 Å². The topological polar surface area (TPSA) is 46.1 Å². The first-order valence-electron chi connectivity index (χ1n) is 6.06. The minimum absolute atomic E-state index is 0.0867. The number of alkyl halides is 1. The van der Waals surface area contributed by atoms with Crippen molar-refractivity contribution in [3.8, 4) is 11.3 Å². The van der Waals surface area contributed by atoms with Crippen molar-refractivity contribution in [3.63, 3.8) is 0 Å². The van der Waals surface area contributed by atoms with Crippen LogP contribution in [0.2, 0.25) is 0 Å². The molecule has 96 valence electrons. The van der Waals surface area contributed by atoms with E-state index in [1.54, 1.807) is 17.3 Å². The van der Waals surface area contributed by atoms with Gasteiger partial charge in [0.15, 0.2) is 5.82 Å². The summed E-state index contributed by atoms with van der Waals surface area (Å²) in [5.41, 5.74) is 1.83. The summed E-state index contributed by atoms with van der Waals surface area (Å²) in [7, 11) is 0. The van der Waals surface area contributed by atoms with Gasteiger partial charge in [0.2, 0.25) is 5.91 Å². The number of benzene rings is 1. The zero-order chi connectivity index (χ0) is 13.2. The third-order valence-corrected chi connectivity index (χ3v) is 3.68. The largest absolute Gasteiger partial charge is 0.294 e. The molecule has 1 atom stereocenters. The van der Waals surface area contributed by atoms with Crippen LogP contribution in [-0.4, -0.2) is 27.2 Å². The summed E-state index contributed by atoms with van der Waals surface area (Å²) in [6.45, 7) is 0.651. The molecule has 0 N–H and O–H groups in total. The molecule has 1 amide bonds. The fourth-order valence-electron chi connectivity index (χ4n) is 2.10. The van der Waals surface area contributed by atoms with Gasteiger partial charge in [-0.15, -0.1) is 0 Å². The molecule has 1 fully saturated rings. The summed E-state index contributed by atoms with van der Waals surface area (Å²) in [5, 5.41) is 0. The van der Waals surface area contributed by atoms with Crippen molar-refractivity contribution in [1.29, 1.82) is 0 Å². The van der Waals surface area contributed by atoms with Crippen LogP contribution in [0.25, 0.3) is 11.3 Å². The number of rotatable bonds is 2. The minimum Gasteiger partial charge on any atom is -0.294 e. The first-order chi connectivity index (χ1) is 9.24. The lowest BCUT2D eigenvalue weighted by atomic mass is 10.2. The molecule has 5 heteroatoms. The van der Waals surface area contributed by atoms with Crippen LogP contribution in [0.1, 0.15) is 6.42 Å². The lowest BCUT2D eigenvalue weighted by Gasteiger charge is -2.14. The average molecular weight is 318 g/mol. The molecule has 0 aliphatic carbocycles. The van der Waals surface area contributed by atoms with Crippen molar-refractivity contribution in [3.05, 3.63) is 42.7 Å². The Labute approximate surface area is 119 Å². The maximum atomic E-state index is 11.8.